The fraction of sp³-hybridized carbons (Fsp3) is 0.150. The maximum atomic E-state index is 12.2. The molecule has 28 heavy (non-hydrogen) atoms. The van der Waals surface area contributed by atoms with E-state index in [1.807, 2.05) is 13.0 Å². The van der Waals surface area contributed by atoms with Gasteiger partial charge in [-0.2, -0.15) is 0 Å². The van der Waals surface area contributed by atoms with Gasteiger partial charge in [0.05, 0.1) is 29.9 Å². The zero-order chi connectivity index (χ0) is 20.1. The zero-order valence-electron chi connectivity index (χ0n) is 15.3. The Kier molecular flexibility index (Phi) is 6.00. The van der Waals surface area contributed by atoms with Crippen LogP contribution in [0.15, 0.2) is 52.4 Å². The van der Waals surface area contributed by atoms with Crippen LogP contribution in [0, 0.1) is 0 Å². The molecule has 0 saturated carbocycles. The summed E-state index contributed by atoms with van der Waals surface area (Å²) in [5.74, 6) is -0.0211. The molecule has 0 aliphatic carbocycles. The Balaban J connectivity index is 1.79. The second kappa shape index (κ2) is 8.62. The van der Waals surface area contributed by atoms with Crippen LogP contribution in [0.5, 0.6) is 11.5 Å². The number of thioether (sulfide) groups is 1. The standard InChI is InChI=1S/C20H18N2O5S/c1-3-27-15-9-4-12(10-16(15)26-2)11-17-18(23)22-20(28-17)21-14-7-5-13(6-8-14)19(24)25/h4-11H,3H2,1-2H3,(H,24,25)(H,21,22,23)/b17-11-. The fourth-order valence-electron chi connectivity index (χ4n) is 2.48. The maximum absolute atomic E-state index is 12.2. The fourth-order valence-corrected chi connectivity index (χ4v) is 3.32. The SMILES string of the molecule is CCOc1ccc(/C=C2\SC(=Nc3ccc(C(=O)O)cc3)NC2=O)cc1OC. The highest BCUT2D eigenvalue weighted by atomic mass is 32.2. The number of nitrogens with zero attached hydrogens (tertiary/aromatic N) is 1. The highest BCUT2D eigenvalue weighted by Crippen LogP contribution is 2.32. The summed E-state index contributed by atoms with van der Waals surface area (Å²) in [6.07, 6.45) is 1.74. The maximum Gasteiger partial charge on any atom is 0.335 e. The van der Waals surface area contributed by atoms with E-state index in [0.29, 0.717) is 33.9 Å². The number of hydrogen-bond donors (Lipinski definition) is 2. The number of hydrogen-bond acceptors (Lipinski definition) is 6. The topological polar surface area (TPSA) is 97.2 Å². The lowest BCUT2D eigenvalue weighted by Crippen LogP contribution is -2.19. The normalized spacial score (nSPS) is 16.3. The number of rotatable bonds is 6. The predicted molar refractivity (Wildman–Crippen MR) is 108 cm³/mol. The molecule has 144 valence electrons. The summed E-state index contributed by atoms with van der Waals surface area (Å²) in [4.78, 5) is 28.0. The van der Waals surface area contributed by atoms with Gasteiger partial charge in [-0.1, -0.05) is 6.07 Å². The van der Waals surface area contributed by atoms with Crippen molar-refractivity contribution in [3.63, 3.8) is 0 Å². The van der Waals surface area contributed by atoms with E-state index < -0.39 is 5.97 Å². The lowest BCUT2D eigenvalue weighted by Gasteiger charge is -2.09. The number of amides is 1. The van der Waals surface area contributed by atoms with Gasteiger partial charge >= 0.3 is 5.97 Å². The van der Waals surface area contributed by atoms with E-state index in [0.717, 1.165) is 5.56 Å². The van der Waals surface area contributed by atoms with Crippen LogP contribution < -0.4 is 14.8 Å². The molecule has 7 nitrogen and oxygen atoms in total. The van der Waals surface area contributed by atoms with Crippen LogP contribution in [0.2, 0.25) is 0 Å². The minimum atomic E-state index is -1.00. The molecule has 2 aromatic rings. The predicted octanol–water partition coefficient (Wildman–Crippen LogP) is 3.68. The van der Waals surface area contributed by atoms with Gasteiger partial charge in [-0.15, -0.1) is 0 Å². The number of nitrogens with one attached hydrogen (secondary N) is 1. The van der Waals surface area contributed by atoms with Crippen LogP contribution in [0.1, 0.15) is 22.8 Å². The van der Waals surface area contributed by atoms with Gasteiger partial charge < -0.3 is 19.9 Å². The third kappa shape index (κ3) is 4.52. The summed E-state index contributed by atoms with van der Waals surface area (Å²) in [5.41, 5.74) is 1.53. The second-order valence-electron chi connectivity index (χ2n) is 5.68. The Morgan fingerprint density at radius 3 is 2.61 bits per heavy atom. The van der Waals surface area contributed by atoms with E-state index in [4.69, 9.17) is 14.6 Å². The van der Waals surface area contributed by atoms with Gasteiger partial charge in [0.25, 0.3) is 5.91 Å². The molecule has 2 N–H and O–H groups in total. The molecular formula is C20H18N2O5S. The molecular weight excluding hydrogens is 380 g/mol. The molecule has 2 aromatic carbocycles. The first-order chi connectivity index (χ1) is 13.5. The minimum Gasteiger partial charge on any atom is -0.493 e. The molecule has 0 spiro atoms. The molecule has 1 fully saturated rings. The van der Waals surface area contributed by atoms with Crippen molar-refractivity contribution < 1.29 is 24.2 Å². The van der Waals surface area contributed by atoms with Crippen molar-refractivity contribution in [1.29, 1.82) is 0 Å². The average Bonchev–Trinajstić information content (AvgIpc) is 3.02. The first-order valence-corrected chi connectivity index (χ1v) is 9.25. The summed E-state index contributed by atoms with van der Waals surface area (Å²) in [6, 6.07) is 11.5. The first kappa shape index (κ1) is 19.5. The number of ether oxygens (including phenoxy) is 2. The van der Waals surface area contributed by atoms with Crippen LogP contribution >= 0.6 is 11.8 Å². The van der Waals surface area contributed by atoms with Gasteiger partial charge in [-0.3, -0.25) is 4.79 Å². The van der Waals surface area contributed by atoms with E-state index in [1.54, 1.807) is 37.5 Å². The lowest BCUT2D eigenvalue weighted by atomic mass is 10.2. The molecule has 0 radical (unpaired) electrons. The Morgan fingerprint density at radius 1 is 1.21 bits per heavy atom. The van der Waals surface area contributed by atoms with Gasteiger partial charge in [0.2, 0.25) is 0 Å². The first-order valence-electron chi connectivity index (χ1n) is 8.44. The molecule has 1 heterocycles. The van der Waals surface area contributed by atoms with Crippen molar-refractivity contribution in [1.82, 2.24) is 5.32 Å². The monoisotopic (exact) mass is 398 g/mol. The quantitative estimate of drug-likeness (QED) is 0.721. The number of carboxylic acids is 1. The van der Waals surface area contributed by atoms with E-state index in [-0.39, 0.29) is 11.5 Å². The van der Waals surface area contributed by atoms with E-state index in [9.17, 15) is 9.59 Å². The van der Waals surface area contributed by atoms with Gasteiger partial charge in [0.1, 0.15) is 0 Å². The van der Waals surface area contributed by atoms with Gasteiger partial charge in [-0.05, 0) is 66.7 Å². The highest BCUT2D eigenvalue weighted by molar-refractivity contribution is 8.18. The smallest absolute Gasteiger partial charge is 0.335 e. The van der Waals surface area contributed by atoms with Gasteiger partial charge in [0.15, 0.2) is 16.7 Å². The minimum absolute atomic E-state index is 0.178. The number of benzene rings is 2. The van der Waals surface area contributed by atoms with Crippen molar-refractivity contribution in [2.45, 2.75) is 6.92 Å². The van der Waals surface area contributed by atoms with Crippen LogP contribution in [0.25, 0.3) is 6.08 Å². The average molecular weight is 398 g/mol. The number of aromatic carboxylic acids is 1. The number of amidine groups is 1. The number of carboxylic acid groups (broad SMARTS) is 1. The van der Waals surface area contributed by atoms with Crippen molar-refractivity contribution in [2.24, 2.45) is 4.99 Å². The zero-order valence-corrected chi connectivity index (χ0v) is 16.1. The molecule has 8 heteroatoms. The molecule has 1 aliphatic rings. The third-order valence-electron chi connectivity index (χ3n) is 3.78. The van der Waals surface area contributed by atoms with Gasteiger partial charge in [-0.25, -0.2) is 9.79 Å². The van der Waals surface area contributed by atoms with Crippen molar-refractivity contribution in [3.8, 4) is 11.5 Å². The molecule has 3 rings (SSSR count). The van der Waals surface area contributed by atoms with Crippen LogP contribution in [0.4, 0.5) is 5.69 Å². The van der Waals surface area contributed by atoms with Gasteiger partial charge in [0, 0.05) is 0 Å². The van der Waals surface area contributed by atoms with Crippen LogP contribution in [-0.2, 0) is 4.79 Å². The Hall–Kier alpha value is -3.26. The molecule has 0 unspecified atom stereocenters. The number of methoxy groups -OCH3 is 1. The van der Waals surface area contributed by atoms with Crippen LogP contribution in [0.3, 0.4) is 0 Å². The van der Waals surface area contributed by atoms with Crippen molar-refractivity contribution in [2.75, 3.05) is 13.7 Å². The Labute approximate surface area is 166 Å². The Bertz CT molecular complexity index is 967. The van der Waals surface area contributed by atoms with E-state index in [1.165, 1.54) is 23.9 Å². The summed E-state index contributed by atoms with van der Waals surface area (Å²) in [7, 11) is 1.56. The molecule has 1 saturated heterocycles. The van der Waals surface area contributed by atoms with E-state index >= 15 is 0 Å². The summed E-state index contributed by atoms with van der Waals surface area (Å²) < 4.78 is 10.8. The second-order valence-corrected chi connectivity index (χ2v) is 6.71. The van der Waals surface area contributed by atoms with E-state index in [2.05, 4.69) is 10.3 Å². The highest BCUT2D eigenvalue weighted by Gasteiger charge is 2.24. The molecule has 0 bridgehead atoms. The summed E-state index contributed by atoms with van der Waals surface area (Å²) >= 11 is 1.21. The summed E-state index contributed by atoms with van der Waals surface area (Å²) in [5, 5.41) is 12.1. The number of carbonyl (C=O) groups is 2. The van der Waals surface area contributed by atoms with Crippen molar-refractivity contribution >= 4 is 40.6 Å². The summed E-state index contributed by atoms with van der Waals surface area (Å²) in [6.45, 7) is 2.42. The third-order valence-corrected chi connectivity index (χ3v) is 4.69. The lowest BCUT2D eigenvalue weighted by molar-refractivity contribution is -0.115. The molecule has 1 amide bonds. The molecule has 0 atom stereocenters. The number of carbonyl (C=O) groups excluding carboxylic acids is 1. The molecule has 0 aromatic heterocycles. The van der Waals surface area contributed by atoms with Crippen LogP contribution in [-0.4, -0.2) is 35.9 Å². The molecule has 1 aliphatic heterocycles. The van der Waals surface area contributed by atoms with Crippen molar-refractivity contribution in [3.05, 3.63) is 58.5 Å². The number of aliphatic imine (C=N–C) groups is 1. The Morgan fingerprint density at radius 2 is 1.96 bits per heavy atom. The largest absolute Gasteiger partial charge is 0.493 e.